The van der Waals surface area contributed by atoms with Crippen molar-refractivity contribution < 1.29 is 28.9 Å². The number of carbonyl (C=O) groups excluding carboxylic acids is 2. The Morgan fingerprint density at radius 3 is 2.44 bits per heavy atom. The van der Waals surface area contributed by atoms with E-state index in [2.05, 4.69) is 17.1 Å². The Labute approximate surface area is 274 Å². The number of ketones is 1. The van der Waals surface area contributed by atoms with E-state index in [1.165, 1.54) is 35.1 Å². The molecule has 1 amide bonds. The molecule has 0 radical (unpaired) electrons. The number of carbonyl (C=O) groups is 2. The van der Waals surface area contributed by atoms with Gasteiger partial charge in [0.15, 0.2) is 15.8 Å². The van der Waals surface area contributed by atoms with Crippen molar-refractivity contribution in [1.82, 2.24) is 10.2 Å². The molecular weight excluding hydrogens is 634 g/mol. The quantitative estimate of drug-likeness (QED) is 0.0383. The second-order valence-corrected chi connectivity index (χ2v) is 12.6. The topological polar surface area (TPSA) is 111 Å². The Morgan fingerprint density at radius 2 is 1.76 bits per heavy atom. The zero-order valence-electron chi connectivity index (χ0n) is 25.0. The van der Waals surface area contributed by atoms with Gasteiger partial charge in [0.05, 0.1) is 31.9 Å². The average Bonchev–Trinajstić information content (AvgIpc) is 3.63. The number of thioether (sulfide) groups is 1. The van der Waals surface area contributed by atoms with Crippen LogP contribution in [0.5, 0.6) is 17.2 Å². The molecule has 0 aliphatic carbocycles. The van der Waals surface area contributed by atoms with Crippen molar-refractivity contribution in [3.05, 3.63) is 94.0 Å². The molecule has 1 N–H and O–H groups in total. The lowest BCUT2D eigenvalue weighted by atomic mass is 9.95. The first kappa shape index (κ1) is 32.3. The van der Waals surface area contributed by atoms with Crippen molar-refractivity contribution in [3.8, 4) is 17.2 Å². The fourth-order valence-corrected chi connectivity index (χ4v) is 6.69. The van der Waals surface area contributed by atoms with Crippen molar-refractivity contribution in [2.75, 3.05) is 25.2 Å². The van der Waals surface area contributed by atoms with Crippen LogP contribution < -0.4 is 19.1 Å². The Morgan fingerprint density at radius 1 is 1.00 bits per heavy atom. The predicted molar refractivity (Wildman–Crippen MR) is 177 cm³/mol. The van der Waals surface area contributed by atoms with Crippen LogP contribution >= 0.6 is 34.7 Å². The van der Waals surface area contributed by atoms with E-state index >= 15 is 0 Å². The fourth-order valence-electron chi connectivity index (χ4n) is 4.74. The first-order valence-corrected chi connectivity index (χ1v) is 16.6. The number of methoxy groups -OCH3 is 1. The van der Waals surface area contributed by atoms with Gasteiger partial charge in [0, 0.05) is 16.3 Å². The molecule has 1 aliphatic heterocycles. The summed E-state index contributed by atoms with van der Waals surface area (Å²) < 4.78 is 17.7. The van der Waals surface area contributed by atoms with Crippen molar-refractivity contribution >= 4 is 57.3 Å². The van der Waals surface area contributed by atoms with Crippen LogP contribution in [0, 0.1) is 0 Å². The molecule has 3 aromatic carbocycles. The van der Waals surface area contributed by atoms with Gasteiger partial charge in [-0.05, 0) is 73.0 Å². The molecule has 0 saturated carbocycles. The molecule has 1 fully saturated rings. The molecule has 1 aromatic heterocycles. The van der Waals surface area contributed by atoms with E-state index in [-0.39, 0.29) is 16.5 Å². The van der Waals surface area contributed by atoms with Crippen LogP contribution in [-0.4, -0.2) is 47.3 Å². The van der Waals surface area contributed by atoms with Crippen LogP contribution in [0.2, 0.25) is 5.02 Å². The van der Waals surface area contributed by atoms with Crippen LogP contribution in [0.3, 0.4) is 0 Å². The Hall–Kier alpha value is -4.06. The zero-order valence-corrected chi connectivity index (χ0v) is 27.4. The maximum Gasteiger partial charge on any atom is 0.301 e. The molecule has 1 aliphatic rings. The highest BCUT2D eigenvalue weighted by Gasteiger charge is 2.48. The van der Waals surface area contributed by atoms with Crippen LogP contribution in [0.25, 0.3) is 5.76 Å². The number of aromatic nitrogens is 2. The summed E-state index contributed by atoms with van der Waals surface area (Å²) >= 11 is 8.66. The number of nitrogens with zero attached hydrogens (tertiary/aromatic N) is 3. The van der Waals surface area contributed by atoms with Crippen LogP contribution in [0.1, 0.15) is 49.4 Å². The Balaban J connectivity index is 1.56. The lowest BCUT2D eigenvalue weighted by Gasteiger charge is -2.23. The highest BCUT2D eigenvalue weighted by molar-refractivity contribution is 8.00. The van der Waals surface area contributed by atoms with Crippen molar-refractivity contribution in [2.24, 2.45) is 0 Å². The number of ether oxygens (including phenoxy) is 3. The lowest BCUT2D eigenvalue weighted by molar-refractivity contribution is -0.132. The summed E-state index contributed by atoms with van der Waals surface area (Å²) in [6.45, 7) is 4.84. The van der Waals surface area contributed by atoms with Crippen molar-refractivity contribution in [1.29, 1.82) is 0 Å². The van der Waals surface area contributed by atoms with Gasteiger partial charge in [-0.15, -0.1) is 10.2 Å². The predicted octanol–water partition coefficient (Wildman–Crippen LogP) is 7.70. The molecule has 234 valence electrons. The van der Waals surface area contributed by atoms with Gasteiger partial charge in [-0.1, -0.05) is 66.2 Å². The second kappa shape index (κ2) is 14.8. The van der Waals surface area contributed by atoms with Gasteiger partial charge < -0.3 is 19.3 Å². The number of hydrogen-bond acceptors (Lipinski definition) is 10. The number of aliphatic hydroxyl groups excluding tert-OH is 1. The summed E-state index contributed by atoms with van der Waals surface area (Å²) in [7, 11) is 1.54. The average molecular weight is 666 g/mol. The third-order valence-corrected chi connectivity index (χ3v) is 9.40. The molecule has 1 saturated heterocycles. The molecule has 1 unspecified atom stereocenters. The van der Waals surface area contributed by atoms with E-state index in [1.54, 1.807) is 42.5 Å². The highest BCUT2D eigenvalue weighted by Crippen LogP contribution is 2.45. The number of aliphatic hydroxyl groups is 1. The highest BCUT2D eigenvalue weighted by atomic mass is 35.5. The summed E-state index contributed by atoms with van der Waals surface area (Å²) in [5, 5.41) is 21.0. The standard InChI is InChI=1S/C33H32ClN3O6S2/c1-4-6-17-43-25-16-11-22(18-26(25)42-5-2)28-27(29(38)21-9-14-24(41-3)15-10-21)30(39)31(40)37(28)32-35-36-33(45-32)44-19-20-7-12-23(34)13-8-20/h7-16,18,28,38H,4-6,17,19H2,1-3H3/b29-27+. The summed E-state index contributed by atoms with van der Waals surface area (Å²) in [5.41, 5.74) is 1.88. The van der Waals surface area contributed by atoms with Crippen LogP contribution in [0.4, 0.5) is 5.13 Å². The minimum Gasteiger partial charge on any atom is -0.507 e. The van der Waals surface area contributed by atoms with Gasteiger partial charge in [0.1, 0.15) is 11.5 Å². The normalized spacial score (nSPS) is 15.8. The lowest BCUT2D eigenvalue weighted by Crippen LogP contribution is -2.29. The van der Waals surface area contributed by atoms with E-state index in [1.807, 2.05) is 31.2 Å². The largest absolute Gasteiger partial charge is 0.507 e. The van der Waals surface area contributed by atoms with Gasteiger partial charge in [-0.2, -0.15) is 0 Å². The summed E-state index contributed by atoms with van der Waals surface area (Å²) in [5.74, 6) is 0.257. The fraction of sp³-hybridized carbons (Fsp3) is 0.273. The van der Waals surface area contributed by atoms with Crippen molar-refractivity contribution in [2.45, 2.75) is 42.8 Å². The van der Waals surface area contributed by atoms with E-state index in [0.29, 0.717) is 56.7 Å². The third kappa shape index (κ3) is 7.27. The van der Waals surface area contributed by atoms with Gasteiger partial charge in [0.2, 0.25) is 5.13 Å². The van der Waals surface area contributed by atoms with Crippen LogP contribution in [-0.2, 0) is 15.3 Å². The van der Waals surface area contributed by atoms with Gasteiger partial charge in [0.25, 0.3) is 5.78 Å². The SMILES string of the molecule is CCCCOc1ccc(C2/C(=C(\O)c3ccc(OC)cc3)C(=O)C(=O)N2c2nnc(SCc3ccc(Cl)cc3)s2)cc1OCC. The summed E-state index contributed by atoms with van der Waals surface area (Å²) in [4.78, 5) is 28.6. The Bertz CT molecular complexity index is 1690. The molecule has 12 heteroatoms. The minimum absolute atomic E-state index is 0.0715. The second-order valence-electron chi connectivity index (χ2n) is 10.0. The molecule has 0 spiro atoms. The molecule has 5 rings (SSSR count). The smallest absolute Gasteiger partial charge is 0.301 e. The molecule has 45 heavy (non-hydrogen) atoms. The summed E-state index contributed by atoms with van der Waals surface area (Å²) in [6.07, 6.45) is 1.86. The number of unbranched alkanes of at least 4 members (excludes halogenated alkanes) is 1. The number of amides is 1. The molecule has 1 atom stereocenters. The molecular formula is C33H32ClN3O6S2. The number of benzene rings is 3. The van der Waals surface area contributed by atoms with E-state index in [0.717, 1.165) is 18.4 Å². The van der Waals surface area contributed by atoms with E-state index < -0.39 is 17.7 Å². The van der Waals surface area contributed by atoms with Gasteiger partial charge in [-0.3, -0.25) is 14.5 Å². The first-order valence-electron chi connectivity index (χ1n) is 14.4. The minimum atomic E-state index is -1.00. The maximum atomic E-state index is 13.7. The molecule has 2 heterocycles. The summed E-state index contributed by atoms with van der Waals surface area (Å²) in [6, 6.07) is 18.4. The number of halogens is 1. The molecule has 0 bridgehead atoms. The maximum absolute atomic E-state index is 13.7. The number of hydrogen-bond donors (Lipinski definition) is 1. The third-order valence-electron chi connectivity index (χ3n) is 7.02. The number of anilines is 1. The zero-order chi connectivity index (χ0) is 31.9. The van der Waals surface area contributed by atoms with E-state index in [4.69, 9.17) is 25.8 Å². The van der Waals surface area contributed by atoms with Crippen LogP contribution in [0.15, 0.2) is 76.6 Å². The number of rotatable bonds is 13. The van der Waals surface area contributed by atoms with Crippen molar-refractivity contribution in [3.63, 3.8) is 0 Å². The monoisotopic (exact) mass is 665 g/mol. The van der Waals surface area contributed by atoms with E-state index in [9.17, 15) is 14.7 Å². The Kier molecular flexibility index (Phi) is 10.6. The van der Waals surface area contributed by atoms with Gasteiger partial charge >= 0.3 is 5.91 Å². The molecule has 9 nitrogen and oxygen atoms in total. The number of Topliss-reactive ketones (excluding diaryl/α,β-unsaturated/α-hetero) is 1. The van der Waals surface area contributed by atoms with Gasteiger partial charge in [-0.25, -0.2) is 0 Å². The first-order chi connectivity index (χ1) is 21.8. The molecule has 4 aromatic rings.